The Balaban J connectivity index is 2.07. The Labute approximate surface area is 145 Å². The van der Waals surface area contributed by atoms with E-state index in [1.54, 1.807) is 28.6 Å². The third-order valence-corrected chi connectivity index (χ3v) is 5.65. The van der Waals surface area contributed by atoms with Crippen molar-refractivity contribution in [1.29, 1.82) is 0 Å². The molecule has 0 spiro atoms. The Hall–Kier alpha value is -1.90. The molecule has 3 aromatic rings. The van der Waals surface area contributed by atoms with Crippen molar-refractivity contribution in [2.75, 3.05) is 0 Å². The lowest BCUT2D eigenvalue weighted by molar-refractivity contribution is 0.595. The second-order valence-corrected chi connectivity index (χ2v) is 7.95. The van der Waals surface area contributed by atoms with Crippen molar-refractivity contribution < 1.29 is 8.42 Å². The summed E-state index contributed by atoms with van der Waals surface area (Å²) in [5.41, 5.74) is 2.03. The second kappa shape index (κ2) is 6.92. The second-order valence-electron chi connectivity index (χ2n) is 5.37. The van der Waals surface area contributed by atoms with Crippen molar-refractivity contribution in [2.45, 2.75) is 35.4 Å². The molecule has 0 saturated carbocycles. The number of sulfonamides is 1. The van der Waals surface area contributed by atoms with Crippen LogP contribution >= 0.6 is 11.8 Å². The maximum atomic E-state index is 12.0. The first-order valence-electron chi connectivity index (χ1n) is 7.56. The van der Waals surface area contributed by atoms with Gasteiger partial charge in [0.25, 0.3) is 0 Å². The van der Waals surface area contributed by atoms with Gasteiger partial charge in [-0.15, -0.1) is 16.9 Å². The van der Waals surface area contributed by atoms with Gasteiger partial charge in [-0.2, -0.15) is 0 Å². The predicted molar refractivity (Wildman–Crippen MR) is 95.2 cm³/mol. The largest absolute Gasteiger partial charge is 0.245 e. The number of thioether (sulfide) groups is 1. The number of hydrogen-bond acceptors (Lipinski definition) is 5. The van der Waals surface area contributed by atoms with Crippen LogP contribution in [0.15, 0.2) is 52.3 Å². The highest BCUT2D eigenvalue weighted by Crippen LogP contribution is 2.30. The number of aromatic nitrogens is 3. The van der Waals surface area contributed by atoms with Crippen LogP contribution in [0.4, 0.5) is 0 Å². The normalized spacial score (nSPS) is 11.9. The Kier molecular flexibility index (Phi) is 4.88. The predicted octanol–water partition coefficient (Wildman–Crippen LogP) is 2.78. The summed E-state index contributed by atoms with van der Waals surface area (Å²) in [7, 11) is -3.82. The lowest BCUT2D eigenvalue weighted by Crippen LogP contribution is -2.14. The summed E-state index contributed by atoms with van der Waals surface area (Å²) in [5.74, 6) is 0.456. The molecule has 0 saturated heterocycles. The van der Waals surface area contributed by atoms with Crippen LogP contribution in [0.5, 0.6) is 0 Å². The molecule has 2 aromatic carbocycles. The molecule has 126 valence electrons. The van der Waals surface area contributed by atoms with Crippen molar-refractivity contribution in [3.05, 3.63) is 48.0 Å². The van der Waals surface area contributed by atoms with Gasteiger partial charge in [-0.25, -0.2) is 18.2 Å². The van der Waals surface area contributed by atoms with Crippen molar-refractivity contribution >= 4 is 32.8 Å². The first kappa shape index (κ1) is 16.9. The molecule has 0 unspecified atom stereocenters. The van der Waals surface area contributed by atoms with Gasteiger partial charge in [0, 0.05) is 22.8 Å². The number of nitrogens with two attached hydrogens (primary N) is 1. The van der Waals surface area contributed by atoms with E-state index in [4.69, 9.17) is 5.14 Å². The SMILES string of the molecule is CCCn1nnc2c(CSc3ccccc3)c(S(N)(=O)=O)ccc21. The zero-order valence-corrected chi connectivity index (χ0v) is 14.8. The number of benzene rings is 2. The van der Waals surface area contributed by atoms with Crippen LogP contribution in [-0.4, -0.2) is 23.4 Å². The number of fused-ring (bicyclic) bond motifs is 1. The molecule has 1 aromatic heterocycles. The number of primary sulfonamides is 1. The van der Waals surface area contributed by atoms with Gasteiger partial charge in [-0.05, 0) is 30.7 Å². The zero-order chi connectivity index (χ0) is 17.2. The average Bonchev–Trinajstić information content (AvgIpc) is 2.96. The molecule has 1 heterocycles. The fourth-order valence-corrected chi connectivity index (χ4v) is 4.34. The molecule has 0 fully saturated rings. The minimum atomic E-state index is -3.82. The molecule has 0 radical (unpaired) electrons. The molecular weight excluding hydrogens is 344 g/mol. The molecule has 0 aliphatic heterocycles. The van der Waals surface area contributed by atoms with Crippen LogP contribution in [0.3, 0.4) is 0 Å². The van der Waals surface area contributed by atoms with E-state index in [-0.39, 0.29) is 4.90 Å². The Morgan fingerprint density at radius 2 is 1.92 bits per heavy atom. The molecule has 0 amide bonds. The highest BCUT2D eigenvalue weighted by Gasteiger charge is 2.20. The maximum absolute atomic E-state index is 12.0. The molecule has 0 aliphatic carbocycles. The van der Waals surface area contributed by atoms with Crippen LogP contribution < -0.4 is 5.14 Å². The lowest BCUT2D eigenvalue weighted by Gasteiger charge is -2.09. The number of rotatable bonds is 6. The fourth-order valence-electron chi connectivity index (χ4n) is 2.53. The molecule has 6 nitrogen and oxygen atoms in total. The first-order chi connectivity index (χ1) is 11.5. The topological polar surface area (TPSA) is 90.9 Å². The molecule has 0 atom stereocenters. The Bertz CT molecular complexity index is 953. The van der Waals surface area contributed by atoms with Crippen molar-refractivity contribution in [3.63, 3.8) is 0 Å². The molecule has 24 heavy (non-hydrogen) atoms. The van der Waals surface area contributed by atoms with E-state index in [1.807, 2.05) is 30.3 Å². The minimum Gasteiger partial charge on any atom is -0.245 e. The smallest absolute Gasteiger partial charge is 0.238 e. The van der Waals surface area contributed by atoms with Crippen LogP contribution in [0.1, 0.15) is 18.9 Å². The van der Waals surface area contributed by atoms with E-state index in [0.717, 1.165) is 23.4 Å². The van der Waals surface area contributed by atoms with Crippen LogP contribution in [-0.2, 0) is 22.3 Å². The minimum absolute atomic E-state index is 0.113. The van der Waals surface area contributed by atoms with E-state index in [2.05, 4.69) is 17.2 Å². The average molecular weight is 362 g/mol. The summed E-state index contributed by atoms with van der Waals surface area (Å²) in [6, 6.07) is 13.1. The van der Waals surface area contributed by atoms with E-state index in [1.165, 1.54) is 0 Å². The number of aryl methyl sites for hydroxylation is 1. The third-order valence-electron chi connectivity index (χ3n) is 3.62. The number of hydrogen-bond donors (Lipinski definition) is 1. The fraction of sp³-hybridized carbons (Fsp3) is 0.250. The highest BCUT2D eigenvalue weighted by atomic mass is 32.2. The van der Waals surface area contributed by atoms with E-state index >= 15 is 0 Å². The molecule has 0 aliphatic rings. The van der Waals surface area contributed by atoms with E-state index < -0.39 is 10.0 Å². The summed E-state index contributed by atoms with van der Waals surface area (Å²) in [5, 5.41) is 13.7. The van der Waals surface area contributed by atoms with E-state index in [9.17, 15) is 8.42 Å². The highest BCUT2D eigenvalue weighted by molar-refractivity contribution is 7.98. The van der Waals surface area contributed by atoms with Gasteiger partial charge in [-0.1, -0.05) is 30.3 Å². The van der Waals surface area contributed by atoms with Crippen molar-refractivity contribution in [1.82, 2.24) is 15.0 Å². The van der Waals surface area contributed by atoms with Gasteiger partial charge in [-0.3, -0.25) is 0 Å². The molecular formula is C16H18N4O2S2. The maximum Gasteiger partial charge on any atom is 0.238 e. The molecule has 0 bridgehead atoms. The Morgan fingerprint density at radius 3 is 2.58 bits per heavy atom. The molecule has 2 N–H and O–H groups in total. The van der Waals surface area contributed by atoms with Gasteiger partial charge in [0.15, 0.2) is 0 Å². The standard InChI is InChI=1S/C16H18N4O2S2/c1-2-10-20-14-8-9-15(24(17,21)22)13(16(14)18-19-20)11-23-12-6-4-3-5-7-12/h3-9H,2,10-11H2,1H3,(H2,17,21,22). The van der Waals surface area contributed by atoms with Crippen LogP contribution in [0, 0.1) is 0 Å². The molecule has 8 heteroatoms. The van der Waals surface area contributed by atoms with Crippen LogP contribution in [0.2, 0.25) is 0 Å². The summed E-state index contributed by atoms with van der Waals surface area (Å²) < 4.78 is 25.7. The molecule has 3 rings (SSSR count). The van der Waals surface area contributed by atoms with Crippen molar-refractivity contribution in [3.8, 4) is 0 Å². The zero-order valence-electron chi connectivity index (χ0n) is 13.2. The lowest BCUT2D eigenvalue weighted by atomic mass is 10.2. The quantitative estimate of drug-likeness (QED) is 0.681. The van der Waals surface area contributed by atoms with Gasteiger partial charge in [0.05, 0.1) is 10.4 Å². The Morgan fingerprint density at radius 1 is 1.17 bits per heavy atom. The van der Waals surface area contributed by atoms with Gasteiger partial charge >= 0.3 is 0 Å². The number of nitrogens with zero attached hydrogens (tertiary/aromatic N) is 3. The summed E-state index contributed by atoms with van der Waals surface area (Å²) in [6.07, 6.45) is 0.920. The van der Waals surface area contributed by atoms with Crippen molar-refractivity contribution in [2.24, 2.45) is 5.14 Å². The van der Waals surface area contributed by atoms with Crippen LogP contribution in [0.25, 0.3) is 11.0 Å². The van der Waals surface area contributed by atoms with E-state index in [0.29, 0.717) is 16.8 Å². The summed E-state index contributed by atoms with van der Waals surface area (Å²) in [4.78, 5) is 1.16. The summed E-state index contributed by atoms with van der Waals surface area (Å²) >= 11 is 1.54. The van der Waals surface area contributed by atoms with Gasteiger partial charge in [0.1, 0.15) is 5.52 Å². The monoisotopic (exact) mass is 362 g/mol. The third kappa shape index (κ3) is 3.45. The summed E-state index contributed by atoms with van der Waals surface area (Å²) in [6.45, 7) is 2.79. The van der Waals surface area contributed by atoms with Gasteiger partial charge < -0.3 is 0 Å². The first-order valence-corrected chi connectivity index (χ1v) is 10.1. The van der Waals surface area contributed by atoms with Gasteiger partial charge in [0.2, 0.25) is 10.0 Å².